The van der Waals surface area contributed by atoms with E-state index in [9.17, 15) is 23.2 Å². The van der Waals surface area contributed by atoms with Crippen LogP contribution < -0.4 is 10.6 Å². The summed E-state index contributed by atoms with van der Waals surface area (Å²) in [6.07, 6.45) is -2.48. The van der Waals surface area contributed by atoms with Gasteiger partial charge in [0.1, 0.15) is 5.69 Å². The molecule has 0 aliphatic heterocycles. The van der Waals surface area contributed by atoms with E-state index in [0.29, 0.717) is 27.7 Å². The number of hydrogen-bond donors (Lipinski definition) is 2. The topological polar surface area (TPSA) is 82.7 Å². The van der Waals surface area contributed by atoms with Gasteiger partial charge in [0.25, 0.3) is 5.91 Å². The first-order valence-electron chi connectivity index (χ1n) is 12.4. The van der Waals surface area contributed by atoms with Crippen LogP contribution in [0.25, 0.3) is 5.69 Å². The Hall–Kier alpha value is -3.84. The van der Waals surface area contributed by atoms with Gasteiger partial charge < -0.3 is 10.6 Å². The molecule has 1 aliphatic carbocycles. The van der Waals surface area contributed by atoms with E-state index in [4.69, 9.17) is 23.2 Å². The number of carbonyl (C=O) groups is 1. The number of nitrogens with one attached hydrogen (secondary N) is 2. The lowest BCUT2D eigenvalue weighted by atomic mass is 9.97. The zero-order valence-electron chi connectivity index (χ0n) is 20.8. The summed E-state index contributed by atoms with van der Waals surface area (Å²) in [5.74, 6) is -0.214. The van der Waals surface area contributed by atoms with Crippen LogP contribution in [0.5, 0.6) is 0 Å². The van der Waals surface area contributed by atoms with Crippen LogP contribution in [-0.2, 0) is 6.18 Å². The third-order valence-corrected chi connectivity index (χ3v) is 7.07. The highest BCUT2D eigenvalue weighted by Crippen LogP contribution is 2.34. The smallest absolute Gasteiger partial charge is 0.321 e. The molecule has 0 radical (unpaired) electrons. The normalized spacial score (nSPS) is 14.0. The summed E-state index contributed by atoms with van der Waals surface area (Å²) in [4.78, 5) is 13.3. The Balaban J connectivity index is 1.47. The maximum atomic E-state index is 13.5. The van der Waals surface area contributed by atoms with E-state index in [0.717, 1.165) is 35.2 Å². The van der Waals surface area contributed by atoms with Crippen LogP contribution in [-0.4, -0.2) is 22.2 Å². The number of benzene rings is 3. The van der Waals surface area contributed by atoms with Crippen LogP contribution in [0.3, 0.4) is 0 Å². The first kappa shape index (κ1) is 27.7. The molecule has 0 saturated heterocycles. The molecule has 1 fully saturated rings. The highest BCUT2D eigenvalue weighted by atomic mass is 35.5. The van der Waals surface area contributed by atoms with Gasteiger partial charge in [-0.3, -0.25) is 4.79 Å². The monoisotopic (exact) mass is 583 g/mol. The summed E-state index contributed by atoms with van der Waals surface area (Å²) >= 11 is 12.6. The number of halogens is 5. The van der Waals surface area contributed by atoms with Gasteiger partial charge in [-0.1, -0.05) is 47.5 Å². The van der Waals surface area contributed by atoms with E-state index < -0.39 is 17.8 Å². The number of nitrogens with zero attached hydrogens (tertiary/aromatic N) is 3. The van der Waals surface area contributed by atoms with Crippen molar-refractivity contribution in [2.24, 2.45) is 5.92 Å². The number of alkyl halides is 3. The SMILES string of the molecule is N#Cc1cccc(-n2nc(C(F)(F)F)cc2C(=O)Nc2cccc(C(NCC3CC3)c3ccc(Cl)cc3Cl)c2)c1. The average Bonchev–Trinajstić information content (AvgIpc) is 3.63. The fraction of sp³-hybridized carbons (Fsp3) is 0.207. The molecule has 1 saturated carbocycles. The van der Waals surface area contributed by atoms with Gasteiger partial charge in [0, 0.05) is 21.8 Å². The lowest BCUT2D eigenvalue weighted by molar-refractivity contribution is -0.141. The van der Waals surface area contributed by atoms with E-state index in [1.54, 1.807) is 30.3 Å². The van der Waals surface area contributed by atoms with Gasteiger partial charge in [-0.25, -0.2) is 4.68 Å². The standard InChI is InChI=1S/C29H22Cl2F3N5O/c30-20-9-10-23(24(31)13-20)27(36-16-17-7-8-17)19-4-2-5-21(12-19)37-28(40)25-14-26(29(32,33)34)38-39(25)22-6-1-3-18(11-22)15-35/h1-6,9-14,17,27,36H,7-8,16H2,(H,37,40). The van der Waals surface area contributed by atoms with Gasteiger partial charge in [0.2, 0.25) is 0 Å². The van der Waals surface area contributed by atoms with E-state index in [2.05, 4.69) is 15.7 Å². The third-order valence-electron chi connectivity index (χ3n) is 6.51. The van der Waals surface area contributed by atoms with Crippen molar-refractivity contribution in [3.8, 4) is 11.8 Å². The summed E-state index contributed by atoms with van der Waals surface area (Å²) in [7, 11) is 0. The lowest BCUT2D eigenvalue weighted by Gasteiger charge is -2.22. The Bertz CT molecular complexity index is 1610. The summed E-state index contributed by atoms with van der Waals surface area (Å²) in [6.45, 7) is 0.779. The molecule has 0 bridgehead atoms. The minimum absolute atomic E-state index is 0.148. The second-order valence-electron chi connectivity index (χ2n) is 9.52. The first-order valence-corrected chi connectivity index (χ1v) is 13.2. The van der Waals surface area contributed by atoms with Crippen LogP contribution in [0.1, 0.15) is 51.8 Å². The summed E-state index contributed by atoms with van der Waals surface area (Å²) in [5, 5.41) is 20.1. The predicted molar refractivity (Wildman–Crippen MR) is 147 cm³/mol. The van der Waals surface area contributed by atoms with E-state index in [1.165, 1.54) is 24.3 Å². The molecular formula is C29H22Cl2F3N5O. The predicted octanol–water partition coefficient (Wildman–Crippen LogP) is 7.41. The van der Waals surface area contributed by atoms with Crippen molar-refractivity contribution in [2.75, 3.05) is 11.9 Å². The molecule has 40 heavy (non-hydrogen) atoms. The first-order chi connectivity index (χ1) is 19.1. The molecule has 4 aromatic rings. The van der Waals surface area contributed by atoms with Crippen molar-refractivity contribution in [1.82, 2.24) is 15.1 Å². The van der Waals surface area contributed by atoms with E-state index in [-0.39, 0.29) is 23.0 Å². The second kappa shape index (κ2) is 11.3. The Kier molecular flexibility index (Phi) is 7.86. The molecule has 3 aromatic carbocycles. The third kappa shape index (κ3) is 6.31. The molecule has 1 aromatic heterocycles. The van der Waals surface area contributed by atoms with Crippen molar-refractivity contribution >= 4 is 34.8 Å². The van der Waals surface area contributed by atoms with Gasteiger partial charge in [0.15, 0.2) is 5.69 Å². The number of anilines is 1. The van der Waals surface area contributed by atoms with Gasteiger partial charge in [0.05, 0.1) is 23.4 Å². The highest BCUT2D eigenvalue weighted by molar-refractivity contribution is 6.35. The zero-order chi connectivity index (χ0) is 28.4. The molecule has 11 heteroatoms. The summed E-state index contributed by atoms with van der Waals surface area (Å²) in [6, 6.07) is 20.4. The maximum Gasteiger partial charge on any atom is 0.435 e. The number of nitriles is 1. The maximum absolute atomic E-state index is 13.5. The fourth-order valence-corrected chi connectivity index (χ4v) is 4.84. The van der Waals surface area contributed by atoms with Gasteiger partial charge in [-0.05, 0) is 78.9 Å². The van der Waals surface area contributed by atoms with Crippen molar-refractivity contribution in [3.63, 3.8) is 0 Å². The van der Waals surface area contributed by atoms with Crippen molar-refractivity contribution in [1.29, 1.82) is 5.26 Å². The molecule has 0 spiro atoms. The van der Waals surface area contributed by atoms with Crippen molar-refractivity contribution in [2.45, 2.75) is 25.1 Å². The Morgan fingerprint density at radius 1 is 1.07 bits per heavy atom. The lowest BCUT2D eigenvalue weighted by Crippen LogP contribution is -2.25. The molecular weight excluding hydrogens is 562 g/mol. The molecule has 1 atom stereocenters. The minimum atomic E-state index is -4.77. The Labute approximate surface area is 238 Å². The number of carbonyl (C=O) groups excluding carboxylic acids is 1. The zero-order valence-corrected chi connectivity index (χ0v) is 22.4. The minimum Gasteiger partial charge on any atom is -0.321 e. The number of aromatic nitrogens is 2. The summed E-state index contributed by atoms with van der Waals surface area (Å²) < 4.78 is 41.5. The Morgan fingerprint density at radius 3 is 2.55 bits per heavy atom. The molecule has 1 amide bonds. The quantitative estimate of drug-likeness (QED) is 0.226. The second-order valence-corrected chi connectivity index (χ2v) is 10.4. The molecule has 1 heterocycles. The van der Waals surface area contributed by atoms with Crippen molar-refractivity contribution in [3.05, 3.63) is 111 Å². The molecule has 1 aliphatic rings. The van der Waals surface area contributed by atoms with Crippen molar-refractivity contribution < 1.29 is 18.0 Å². The molecule has 1 unspecified atom stereocenters. The van der Waals surface area contributed by atoms with Gasteiger partial charge in [-0.2, -0.15) is 23.5 Å². The molecule has 2 N–H and O–H groups in total. The van der Waals surface area contributed by atoms with Gasteiger partial charge >= 0.3 is 6.18 Å². The molecule has 204 valence electrons. The molecule has 6 nitrogen and oxygen atoms in total. The van der Waals surface area contributed by atoms with Crippen LogP contribution in [0.2, 0.25) is 10.0 Å². The van der Waals surface area contributed by atoms with Gasteiger partial charge in [-0.15, -0.1) is 0 Å². The van der Waals surface area contributed by atoms with Crippen LogP contribution in [0, 0.1) is 17.2 Å². The fourth-order valence-electron chi connectivity index (χ4n) is 4.33. The van der Waals surface area contributed by atoms with Crippen LogP contribution in [0.4, 0.5) is 18.9 Å². The van der Waals surface area contributed by atoms with Crippen LogP contribution >= 0.6 is 23.2 Å². The number of hydrogen-bond acceptors (Lipinski definition) is 4. The summed E-state index contributed by atoms with van der Waals surface area (Å²) in [5.41, 5.74) is 0.779. The Morgan fingerprint density at radius 2 is 1.85 bits per heavy atom. The molecule has 5 rings (SSSR count). The largest absolute Gasteiger partial charge is 0.435 e. The highest BCUT2D eigenvalue weighted by Gasteiger charge is 2.36. The van der Waals surface area contributed by atoms with E-state index >= 15 is 0 Å². The number of rotatable bonds is 8. The van der Waals surface area contributed by atoms with Crippen LogP contribution in [0.15, 0.2) is 72.8 Å². The number of amides is 1. The van der Waals surface area contributed by atoms with E-state index in [1.807, 2.05) is 18.2 Å². The average molecular weight is 584 g/mol.